The highest BCUT2D eigenvalue weighted by Gasteiger charge is 2.43. The Kier molecular flexibility index (Phi) is 11.9. The molecule has 4 aromatic heterocycles. The smallest absolute Gasteiger partial charge is 0.137 e. The van der Waals surface area contributed by atoms with Gasteiger partial charge in [0.2, 0.25) is 0 Å². The third kappa shape index (κ3) is 8.20. The lowest BCUT2D eigenvalue weighted by Crippen LogP contribution is -2.15. The van der Waals surface area contributed by atoms with Crippen molar-refractivity contribution >= 4 is 154 Å². The van der Waals surface area contributed by atoms with Gasteiger partial charge in [0.25, 0.3) is 0 Å². The number of rotatable bonds is 8. The van der Waals surface area contributed by atoms with E-state index in [1.165, 1.54) is 137 Å². The van der Waals surface area contributed by atoms with Gasteiger partial charge in [0.05, 0.1) is 0 Å². The zero-order chi connectivity index (χ0) is 71.2. The summed E-state index contributed by atoms with van der Waals surface area (Å²) in [5.41, 5.74) is 34.2. The predicted octanol–water partition coefficient (Wildman–Crippen LogP) is 29.3. The fourth-order valence-electron chi connectivity index (χ4n) is 19.5. The quantitative estimate of drug-likeness (QED) is 0.151. The van der Waals surface area contributed by atoms with Crippen LogP contribution in [0.4, 0.5) is 34.1 Å². The van der Waals surface area contributed by atoms with Crippen molar-refractivity contribution < 1.29 is 17.7 Å². The van der Waals surface area contributed by atoms with Gasteiger partial charge in [-0.25, -0.2) is 0 Å². The number of furan rings is 4. The van der Waals surface area contributed by atoms with Gasteiger partial charge in [0.15, 0.2) is 0 Å². The summed E-state index contributed by atoms with van der Waals surface area (Å²) in [7, 11) is 0. The van der Waals surface area contributed by atoms with Crippen molar-refractivity contribution in [3.05, 3.63) is 338 Å². The van der Waals surface area contributed by atoms with Crippen LogP contribution in [-0.2, 0) is 10.8 Å². The Balaban J connectivity index is 0.000000129. The van der Waals surface area contributed by atoms with Crippen LogP contribution in [0.3, 0.4) is 0 Å². The Bertz CT molecular complexity index is 7580. The highest BCUT2D eigenvalue weighted by Crippen LogP contribution is 2.62. The molecular formula is C102H64N2O4. The van der Waals surface area contributed by atoms with Gasteiger partial charge in [-0.1, -0.05) is 198 Å². The lowest BCUT2D eigenvalue weighted by molar-refractivity contribution is 0.661. The largest absolute Gasteiger partial charge is 0.456 e. The van der Waals surface area contributed by atoms with Crippen LogP contribution < -0.4 is 9.80 Å². The standard InChI is InChI=1S/C55H33NO3.C47H31NO/c1-55(2)42-22-17-30-18-23-48-54-50(30)53(42)51-41(39-13-8-16-47(59-48)52(39)54)26-32(27-43(51)55)31-9-7-10-33(25-31)56(34-20-24-46-40(28-34)37-12-4-6-15-45(37)57-46)35-19-21-38-36-11-3-5-14-44(36)58-49(38)29-35;1-47(2)38-22-19-29-20-23-41-46-42(29)45(38)43-37(36-16-9-17-40(49-41)44(36)46)26-32(27-39(43)47)31-12-8-15-34(25-31)48(33-13-4-3-5-14-33)35-21-18-28-10-6-7-11-30(28)24-35/h3-29H,1-2H3;3-27H,1-2H3. The average molecular weight is 1380 g/mol. The van der Waals surface area contributed by atoms with Gasteiger partial charge in [0, 0.05) is 105 Å². The third-order valence-corrected chi connectivity index (χ3v) is 24.5. The van der Waals surface area contributed by atoms with Crippen LogP contribution in [0.15, 0.2) is 333 Å². The molecule has 0 unspecified atom stereocenters. The molecule has 0 saturated heterocycles. The van der Waals surface area contributed by atoms with E-state index in [1.54, 1.807) is 0 Å². The fourth-order valence-corrected chi connectivity index (χ4v) is 19.5. The van der Waals surface area contributed by atoms with Crippen molar-refractivity contribution in [1.82, 2.24) is 0 Å². The van der Waals surface area contributed by atoms with E-state index in [1.807, 2.05) is 24.3 Å². The molecular weight excluding hydrogens is 1320 g/mol. The Morgan fingerprint density at radius 3 is 1.22 bits per heavy atom. The highest BCUT2D eigenvalue weighted by atomic mass is 16.3. The van der Waals surface area contributed by atoms with Crippen molar-refractivity contribution in [3.8, 4) is 66.8 Å². The van der Waals surface area contributed by atoms with Crippen LogP contribution >= 0.6 is 0 Å². The molecule has 0 radical (unpaired) electrons. The van der Waals surface area contributed by atoms with Gasteiger partial charge < -0.3 is 27.5 Å². The Labute approximate surface area is 620 Å². The minimum atomic E-state index is -0.199. The van der Waals surface area contributed by atoms with Gasteiger partial charge in [-0.3, -0.25) is 0 Å². The second-order valence-corrected chi connectivity index (χ2v) is 30.9. The van der Waals surface area contributed by atoms with E-state index in [-0.39, 0.29) is 10.8 Å². The van der Waals surface area contributed by atoms with Gasteiger partial charge in [0.1, 0.15) is 44.7 Å². The van der Waals surface area contributed by atoms with Crippen LogP contribution in [0, 0.1) is 0 Å². The maximum atomic E-state index is 6.57. The molecule has 17 aromatic carbocycles. The summed E-state index contributed by atoms with van der Waals surface area (Å²) in [6.07, 6.45) is 0. The number of benzene rings is 17. The van der Waals surface area contributed by atoms with E-state index in [0.29, 0.717) is 0 Å². The zero-order valence-electron chi connectivity index (χ0n) is 59.5. The van der Waals surface area contributed by atoms with Crippen LogP contribution in [0.25, 0.3) is 187 Å². The topological polar surface area (TPSA) is 59.0 Å². The Morgan fingerprint density at radius 1 is 0.204 bits per heavy atom. The molecule has 4 heterocycles. The number of nitrogens with zero attached hydrogens (tertiary/aromatic N) is 2. The molecule has 0 spiro atoms. The third-order valence-electron chi connectivity index (χ3n) is 24.5. The van der Waals surface area contributed by atoms with Gasteiger partial charge in [-0.15, -0.1) is 0 Å². The summed E-state index contributed by atoms with van der Waals surface area (Å²) in [6.45, 7) is 9.56. The molecule has 25 rings (SSSR count). The number of anilines is 6. The van der Waals surface area contributed by atoms with Crippen molar-refractivity contribution in [2.45, 2.75) is 38.5 Å². The summed E-state index contributed by atoms with van der Waals surface area (Å²) >= 11 is 0. The first kappa shape index (κ1) is 59.7. The average Bonchev–Trinajstić information content (AvgIpc) is 1.52. The van der Waals surface area contributed by atoms with Crippen LogP contribution in [0.5, 0.6) is 0 Å². The van der Waals surface area contributed by atoms with E-state index in [9.17, 15) is 0 Å². The molecule has 506 valence electrons. The minimum absolute atomic E-state index is 0.153. The zero-order valence-corrected chi connectivity index (χ0v) is 59.5. The first-order valence-electron chi connectivity index (χ1n) is 37.4. The second-order valence-electron chi connectivity index (χ2n) is 30.9. The van der Waals surface area contributed by atoms with Gasteiger partial charge in [-0.2, -0.15) is 0 Å². The summed E-state index contributed by atoms with van der Waals surface area (Å²) in [5, 5.41) is 16.9. The van der Waals surface area contributed by atoms with Crippen molar-refractivity contribution in [1.29, 1.82) is 0 Å². The SMILES string of the molecule is CC1(C)c2cc(-c3cccc(N(c4ccc5c(c4)oc4ccccc45)c4ccc5oc6ccccc6c5c4)c3)cc3c2-c2c1ccc1ccc4oc5cccc-3c5c4c21.CC1(C)c2cc(-c3cccc(N(c4ccccc4)c4ccc5ccccc5c4)c3)cc3c2-c2c1ccc1ccc4oc5cccc-3c5c4c21. The molecule has 0 fully saturated rings. The van der Waals surface area contributed by atoms with E-state index < -0.39 is 0 Å². The maximum Gasteiger partial charge on any atom is 0.137 e. The van der Waals surface area contributed by atoms with Crippen molar-refractivity contribution in [3.63, 3.8) is 0 Å². The summed E-state index contributed by atoms with van der Waals surface area (Å²) in [5.74, 6) is 0. The molecule has 6 heteroatoms. The second kappa shape index (κ2) is 21.5. The van der Waals surface area contributed by atoms with Crippen molar-refractivity contribution in [2.75, 3.05) is 9.80 Å². The molecule has 0 aliphatic heterocycles. The molecule has 4 aliphatic rings. The van der Waals surface area contributed by atoms with Gasteiger partial charge in [-0.05, 0) is 250 Å². The number of fused-ring (bicyclic) bond motifs is 9. The summed E-state index contributed by atoms with van der Waals surface area (Å²) in [6, 6.07) is 115. The fraction of sp³-hybridized carbons (Fsp3) is 0.0588. The normalized spacial score (nSPS) is 13.7. The number of hydrogen-bond acceptors (Lipinski definition) is 6. The first-order valence-corrected chi connectivity index (χ1v) is 37.4. The number of hydrogen-bond donors (Lipinski definition) is 0. The molecule has 4 aliphatic carbocycles. The summed E-state index contributed by atoms with van der Waals surface area (Å²) in [4.78, 5) is 4.71. The monoisotopic (exact) mass is 1380 g/mol. The lowest BCUT2D eigenvalue weighted by atomic mass is 9.80. The summed E-state index contributed by atoms with van der Waals surface area (Å²) < 4.78 is 25.8. The Morgan fingerprint density at radius 2 is 0.611 bits per heavy atom. The van der Waals surface area contributed by atoms with E-state index >= 15 is 0 Å². The van der Waals surface area contributed by atoms with E-state index in [4.69, 9.17) is 17.7 Å². The maximum absolute atomic E-state index is 6.57. The van der Waals surface area contributed by atoms with Crippen LogP contribution in [0.2, 0.25) is 0 Å². The number of para-hydroxylation sites is 3. The minimum Gasteiger partial charge on any atom is -0.456 e. The van der Waals surface area contributed by atoms with E-state index in [0.717, 1.165) is 106 Å². The molecule has 108 heavy (non-hydrogen) atoms. The highest BCUT2D eigenvalue weighted by molar-refractivity contribution is 6.32. The molecule has 6 nitrogen and oxygen atoms in total. The van der Waals surface area contributed by atoms with Crippen molar-refractivity contribution in [2.24, 2.45) is 0 Å². The molecule has 0 bridgehead atoms. The molecule has 0 saturated carbocycles. The molecule has 0 atom stereocenters. The molecule has 21 aromatic rings. The van der Waals surface area contributed by atoms with Crippen LogP contribution in [-0.4, -0.2) is 0 Å². The molecule has 0 N–H and O–H groups in total. The van der Waals surface area contributed by atoms with E-state index in [2.05, 4.69) is 329 Å². The molecule has 0 amide bonds. The van der Waals surface area contributed by atoms with Crippen LogP contribution in [0.1, 0.15) is 49.9 Å². The predicted molar refractivity (Wildman–Crippen MR) is 448 cm³/mol. The first-order chi connectivity index (χ1) is 53.0. The lowest BCUT2D eigenvalue weighted by Gasteiger charge is -2.27. The van der Waals surface area contributed by atoms with Gasteiger partial charge >= 0.3 is 0 Å². The Hall–Kier alpha value is -13.7.